The van der Waals surface area contributed by atoms with Crippen molar-refractivity contribution in [2.24, 2.45) is 5.92 Å². The largest absolute Gasteiger partial charge is 0.384 e. The zero-order chi connectivity index (χ0) is 27.6. The molecule has 0 bridgehead atoms. The van der Waals surface area contributed by atoms with E-state index in [4.69, 9.17) is 14.6 Å². The SMILES string of the molecule is COCCS(=O)(=O)NC(=O)c1cc(N2CCC(COC)CC2)c2c(C3CCC3)nn(-c3ccc(F)cc3)c2n1. The Morgan fingerprint density at radius 1 is 1.10 bits per heavy atom. The highest BCUT2D eigenvalue weighted by Crippen LogP contribution is 2.43. The minimum absolute atomic E-state index is 0.0269. The summed E-state index contributed by atoms with van der Waals surface area (Å²) >= 11 is 0. The third kappa shape index (κ3) is 5.92. The predicted molar refractivity (Wildman–Crippen MR) is 145 cm³/mol. The molecule has 0 radical (unpaired) electrons. The lowest BCUT2D eigenvalue weighted by atomic mass is 9.82. The van der Waals surface area contributed by atoms with Gasteiger partial charge in [-0.3, -0.25) is 4.79 Å². The van der Waals surface area contributed by atoms with E-state index in [2.05, 4.69) is 14.6 Å². The van der Waals surface area contributed by atoms with Crippen LogP contribution in [0.4, 0.5) is 10.1 Å². The van der Waals surface area contributed by atoms with Crippen LogP contribution < -0.4 is 9.62 Å². The highest BCUT2D eigenvalue weighted by Gasteiger charge is 2.32. The topological polar surface area (TPSA) is 116 Å². The number of piperidine rings is 1. The van der Waals surface area contributed by atoms with E-state index >= 15 is 0 Å². The number of methoxy groups -OCH3 is 2. The summed E-state index contributed by atoms with van der Waals surface area (Å²) in [5.74, 6) is -0.833. The van der Waals surface area contributed by atoms with E-state index in [-0.39, 0.29) is 29.8 Å². The first kappa shape index (κ1) is 27.5. The van der Waals surface area contributed by atoms with Crippen LogP contribution in [0.25, 0.3) is 16.7 Å². The van der Waals surface area contributed by atoms with Crippen LogP contribution in [0.3, 0.4) is 0 Å². The second kappa shape index (κ2) is 11.6. The molecule has 1 aliphatic carbocycles. The van der Waals surface area contributed by atoms with Crippen molar-refractivity contribution < 1.29 is 27.1 Å². The van der Waals surface area contributed by atoms with Crippen LogP contribution in [0.15, 0.2) is 30.3 Å². The first-order valence-electron chi connectivity index (χ1n) is 13.3. The summed E-state index contributed by atoms with van der Waals surface area (Å²) in [5, 5.41) is 5.80. The number of carbonyl (C=O) groups excluding carboxylic acids is 1. The molecule has 39 heavy (non-hydrogen) atoms. The van der Waals surface area contributed by atoms with Crippen LogP contribution in [0.2, 0.25) is 0 Å². The number of rotatable bonds is 10. The molecule has 3 aromatic rings. The molecule has 1 saturated heterocycles. The third-order valence-electron chi connectivity index (χ3n) is 7.60. The van der Waals surface area contributed by atoms with Gasteiger partial charge in [-0.1, -0.05) is 6.42 Å². The number of fused-ring (bicyclic) bond motifs is 1. The minimum atomic E-state index is -3.92. The van der Waals surface area contributed by atoms with E-state index < -0.39 is 15.9 Å². The molecular weight excluding hydrogens is 525 g/mol. The van der Waals surface area contributed by atoms with E-state index in [0.29, 0.717) is 23.9 Å². The summed E-state index contributed by atoms with van der Waals surface area (Å²) in [5.41, 5.74) is 2.74. The standard InChI is InChI=1S/C27H34FN5O5S/c1-37-14-15-39(35,36)31-27(34)22-16-23(32-12-10-18(11-13-32)17-38-2)24-25(19-4-3-5-19)30-33(26(24)29-22)21-8-6-20(28)7-9-21/h6-9,16,18-19H,3-5,10-15,17H2,1-2H3,(H,31,34). The average molecular weight is 560 g/mol. The van der Waals surface area contributed by atoms with Crippen molar-refractivity contribution in [1.82, 2.24) is 19.5 Å². The molecule has 2 fully saturated rings. The van der Waals surface area contributed by atoms with Gasteiger partial charge in [0.15, 0.2) is 5.65 Å². The normalized spacial score (nSPS) is 16.9. The van der Waals surface area contributed by atoms with Gasteiger partial charge in [-0.25, -0.2) is 27.2 Å². The molecule has 1 N–H and O–H groups in total. The lowest BCUT2D eigenvalue weighted by Crippen LogP contribution is -2.36. The molecule has 5 rings (SSSR count). The summed E-state index contributed by atoms with van der Waals surface area (Å²) < 4.78 is 52.7. The molecule has 1 amide bonds. The summed E-state index contributed by atoms with van der Waals surface area (Å²) in [6.45, 7) is 2.17. The predicted octanol–water partition coefficient (Wildman–Crippen LogP) is 3.40. The molecule has 2 aliphatic rings. The van der Waals surface area contributed by atoms with E-state index in [1.807, 2.05) is 0 Å². The number of anilines is 1. The van der Waals surface area contributed by atoms with Gasteiger partial charge in [-0.05, 0) is 61.9 Å². The van der Waals surface area contributed by atoms with Crippen LogP contribution in [-0.4, -0.2) is 75.4 Å². The molecule has 3 heterocycles. The molecule has 1 saturated carbocycles. The molecule has 12 heteroatoms. The fourth-order valence-electron chi connectivity index (χ4n) is 5.23. The van der Waals surface area contributed by atoms with Gasteiger partial charge in [0.25, 0.3) is 5.91 Å². The van der Waals surface area contributed by atoms with Gasteiger partial charge >= 0.3 is 0 Å². The zero-order valence-electron chi connectivity index (χ0n) is 22.2. The lowest BCUT2D eigenvalue weighted by molar-refractivity contribution is 0.0976. The van der Waals surface area contributed by atoms with Crippen LogP contribution in [0.1, 0.15) is 54.2 Å². The van der Waals surface area contributed by atoms with Crippen molar-refractivity contribution in [1.29, 1.82) is 0 Å². The number of carbonyl (C=O) groups is 1. The van der Waals surface area contributed by atoms with Crippen molar-refractivity contribution in [2.45, 2.75) is 38.0 Å². The Hall–Kier alpha value is -3.09. The fraction of sp³-hybridized carbons (Fsp3) is 0.519. The van der Waals surface area contributed by atoms with Crippen LogP contribution in [0.5, 0.6) is 0 Å². The number of nitrogens with zero attached hydrogens (tertiary/aromatic N) is 4. The molecule has 1 aliphatic heterocycles. The Balaban J connectivity index is 1.63. The van der Waals surface area contributed by atoms with Gasteiger partial charge in [0.2, 0.25) is 10.0 Å². The van der Waals surface area contributed by atoms with Gasteiger partial charge in [0.1, 0.15) is 11.5 Å². The molecular formula is C27H34FN5O5S. The zero-order valence-corrected chi connectivity index (χ0v) is 23.0. The second-order valence-corrected chi connectivity index (χ2v) is 12.1. The summed E-state index contributed by atoms with van der Waals surface area (Å²) in [6, 6.07) is 7.62. The number of nitrogens with one attached hydrogen (secondary N) is 1. The smallest absolute Gasteiger partial charge is 0.283 e. The fourth-order valence-corrected chi connectivity index (χ4v) is 6.11. The number of hydrogen-bond acceptors (Lipinski definition) is 8. The maximum atomic E-state index is 13.7. The van der Waals surface area contributed by atoms with Gasteiger partial charge in [-0.15, -0.1) is 0 Å². The van der Waals surface area contributed by atoms with Crippen molar-refractivity contribution in [3.8, 4) is 5.69 Å². The molecule has 10 nitrogen and oxygen atoms in total. The average Bonchev–Trinajstić information content (AvgIpc) is 3.26. The number of pyridine rings is 1. The van der Waals surface area contributed by atoms with Crippen molar-refractivity contribution in [3.05, 3.63) is 47.5 Å². The number of benzene rings is 1. The van der Waals surface area contributed by atoms with Crippen molar-refractivity contribution in [3.63, 3.8) is 0 Å². The lowest BCUT2D eigenvalue weighted by Gasteiger charge is -2.34. The highest BCUT2D eigenvalue weighted by atomic mass is 32.2. The van der Waals surface area contributed by atoms with Crippen molar-refractivity contribution in [2.75, 3.05) is 51.2 Å². The molecule has 0 unspecified atom stereocenters. The summed E-state index contributed by atoms with van der Waals surface area (Å²) in [6.07, 6.45) is 4.97. The van der Waals surface area contributed by atoms with Gasteiger partial charge in [0.05, 0.1) is 34.8 Å². The molecule has 0 atom stereocenters. The molecule has 0 spiro atoms. The van der Waals surface area contributed by atoms with E-state index in [0.717, 1.165) is 62.0 Å². The number of ether oxygens (including phenoxy) is 2. The van der Waals surface area contributed by atoms with Crippen LogP contribution >= 0.6 is 0 Å². The van der Waals surface area contributed by atoms with Crippen LogP contribution in [-0.2, 0) is 19.5 Å². The number of sulfonamides is 1. The maximum Gasteiger partial charge on any atom is 0.283 e. The first-order valence-corrected chi connectivity index (χ1v) is 14.9. The molecule has 2 aromatic heterocycles. The number of hydrogen-bond donors (Lipinski definition) is 1. The number of aromatic nitrogens is 3. The Morgan fingerprint density at radius 3 is 2.44 bits per heavy atom. The number of halogens is 1. The van der Waals surface area contributed by atoms with E-state index in [9.17, 15) is 17.6 Å². The van der Waals surface area contributed by atoms with Crippen molar-refractivity contribution >= 4 is 32.7 Å². The Morgan fingerprint density at radius 2 is 1.82 bits per heavy atom. The third-order valence-corrected chi connectivity index (χ3v) is 8.80. The van der Waals surface area contributed by atoms with E-state index in [1.165, 1.54) is 19.2 Å². The first-order chi connectivity index (χ1) is 18.8. The monoisotopic (exact) mass is 559 g/mol. The maximum absolute atomic E-state index is 13.7. The minimum Gasteiger partial charge on any atom is -0.384 e. The Labute approximate surface area is 227 Å². The Kier molecular flexibility index (Phi) is 8.15. The van der Waals surface area contributed by atoms with Gasteiger partial charge < -0.3 is 14.4 Å². The highest BCUT2D eigenvalue weighted by molar-refractivity contribution is 7.90. The van der Waals surface area contributed by atoms with Crippen LogP contribution in [0, 0.1) is 11.7 Å². The van der Waals surface area contributed by atoms with Gasteiger partial charge in [0, 0.05) is 39.8 Å². The quantitative estimate of drug-likeness (QED) is 0.402. The molecule has 1 aromatic carbocycles. The second-order valence-electron chi connectivity index (χ2n) is 10.3. The Bertz CT molecular complexity index is 1430. The van der Waals surface area contributed by atoms with Gasteiger partial charge in [-0.2, -0.15) is 5.10 Å². The summed E-state index contributed by atoms with van der Waals surface area (Å²) in [7, 11) is -0.820. The summed E-state index contributed by atoms with van der Waals surface area (Å²) in [4.78, 5) is 20.1. The number of amides is 1. The van der Waals surface area contributed by atoms with E-state index in [1.54, 1.807) is 30.0 Å². The molecule has 210 valence electrons.